The molecule has 4 aromatic rings. The molecule has 1 saturated heterocycles. The van der Waals surface area contributed by atoms with Gasteiger partial charge in [-0.15, -0.1) is 0 Å². The smallest absolute Gasteiger partial charge is 0.276 e. The summed E-state index contributed by atoms with van der Waals surface area (Å²) in [5.41, 5.74) is 4.08. The summed E-state index contributed by atoms with van der Waals surface area (Å²) < 4.78 is 0. The lowest BCUT2D eigenvalue weighted by atomic mass is 10.1. The van der Waals surface area contributed by atoms with Gasteiger partial charge in [-0.2, -0.15) is 0 Å². The second kappa shape index (κ2) is 7.22. The van der Waals surface area contributed by atoms with Gasteiger partial charge in [-0.25, -0.2) is 4.98 Å². The quantitative estimate of drug-likeness (QED) is 0.564. The van der Waals surface area contributed by atoms with Crippen LogP contribution in [0.25, 0.3) is 21.8 Å². The maximum absolute atomic E-state index is 13.0. The highest BCUT2D eigenvalue weighted by Gasteiger charge is 2.17. The zero-order chi connectivity index (χ0) is 19.8. The van der Waals surface area contributed by atoms with Crippen molar-refractivity contribution in [1.82, 2.24) is 14.9 Å². The van der Waals surface area contributed by atoms with Crippen molar-refractivity contribution >= 4 is 39.1 Å². The van der Waals surface area contributed by atoms with Gasteiger partial charge in [0.15, 0.2) is 5.69 Å². The minimum Gasteiger partial charge on any atom is -0.369 e. The molecular formula is C23H23N5O. The van der Waals surface area contributed by atoms with Crippen molar-refractivity contribution in [1.29, 1.82) is 0 Å². The third-order valence-electron chi connectivity index (χ3n) is 5.62. The van der Waals surface area contributed by atoms with Crippen molar-refractivity contribution in [2.75, 3.05) is 43.4 Å². The molecule has 1 aliphatic rings. The summed E-state index contributed by atoms with van der Waals surface area (Å²) in [6.07, 6.45) is 1.69. The van der Waals surface area contributed by atoms with E-state index in [4.69, 9.17) is 0 Å². The van der Waals surface area contributed by atoms with E-state index >= 15 is 0 Å². The summed E-state index contributed by atoms with van der Waals surface area (Å²) in [5.74, 6) is -0.210. The number of nitrogens with zero attached hydrogens (tertiary/aromatic N) is 3. The number of aromatic nitrogens is 2. The Bertz CT molecular complexity index is 1190. The monoisotopic (exact) mass is 385 g/mol. The normalized spacial score (nSPS) is 15.1. The van der Waals surface area contributed by atoms with Crippen LogP contribution in [0.3, 0.4) is 0 Å². The van der Waals surface area contributed by atoms with E-state index in [-0.39, 0.29) is 5.91 Å². The standard InChI is InChI=1S/C23H23N5O/c1-27-11-13-28(14-12-27)17-6-4-5-16(15-17)25-23(29)22-21-19(9-10-24-22)18-7-2-3-8-20(18)26-21/h2-10,15,26H,11-14H2,1H3,(H,25,29). The Morgan fingerprint density at radius 3 is 2.69 bits per heavy atom. The highest BCUT2D eigenvalue weighted by atomic mass is 16.1. The van der Waals surface area contributed by atoms with Crippen LogP contribution in [0, 0.1) is 0 Å². The molecule has 0 radical (unpaired) electrons. The molecule has 0 spiro atoms. The molecule has 0 atom stereocenters. The Kier molecular flexibility index (Phi) is 4.41. The van der Waals surface area contributed by atoms with Gasteiger partial charge in [0.05, 0.1) is 5.52 Å². The van der Waals surface area contributed by atoms with Crippen molar-refractivity contribution in [2.45, 2.75) is 0 Å². The summed E-state index contributed by atoms with van der Waals surface area (Å²) in [5, 5.41) is 5.12. The molecule has 2 aromatic carbocycles. The summed E-state index contributed by atoms with van der Waals surface area (Å²) >= 11 is 0. The first-order valence-corrected chi connectivity index (χ1v) is 9.89. The third-order valence-corrected chi connectivity index (χ3v) is 5.62. The summed E-state index contributed by atoms with van der Waals surface area (Å²) in [7, 11) is 2.14. The van der Waals surface area contributed by atoms with Crippen LogP contribution in [0.5, 0.6) is 0 Å². The fourth-order valence-electron chi connectivity index (χ4n) is 3.98. The zero-order valence-electron chi connectivity index (χ0n) is 16.4. The number of para-hydroxylation sites is 1. The lowest BCUT2D eigenvalue weighted by Gasteiger charge is -2.34. The van der Waals surface area contributed by atoms with E-state index in [1.807, 2.05) is 42.5 Å². The maximum Gasteiger partial charge on any atom is 0.276 e. The van der Waals surface area contributed by atoms with Gasteiger partial charge in [0.1, 0.15) is 0 Å². The predicted octanol–water partition coefficient (Wildman–Crippen LogP) is 3.72. The molecule has 1 aliphatic heterocycles. The molecule has 3 heterocycles. The fraction of sp³-hybridized carbons (Fsp3) is 0.217. The van der Waals surface area contributed by atoms with Crippen LogP contribution in [0.2, 0.25) is 0 Å². The van der Waals surface area contributed by atoms with Crippen LogP contribution >= 0.6 is 0 Å². The summed E-state index contributed by atoms with van der Waals surface area (Å²) in [6, 6.07) is 18.0. The Hall–Kier alpha value is -3.38. The lowest BCUT2D eigenvalue weighted by molar-refractivity contribution is 0.102. The number of amides is 1. The number of pyridine rings is 1. The molecule has 0 saturated carbocycles. The number of hydrogen-bond donors (Lipinski definition) is 2. The van der Waals surface area contributed by atoms with Crippen LogP contribution in [0.1, 0.15) is 10.5 Å². The minimum atomic E-state index is -0.210. The molecule has 5 rings (SSSR count). The molecule has 146 valence electrons. The molecule has 29 heavy (non-hydrogen) atoms. The zero-order valence-corrected chi connectivity index (χ0v) is 16.4. The van der Waals surface area contributed by atoms with E-state index in [1.165, 1.54) is 0 Å². The average molecular weight is 385 g/mol. The molecular weight excluding hydrogens is 362 g/mol. The van der Waals surface area contributed by atoms with Crippen LogP contribution < -0.4 is 10.2 Å². The number of H-pyrrole nitrogens is 1. The third kappa shape index (κ3) is 3.32. The summed E-state index contributed by atoms with van der Waals surface area (Å²) in [4.78, 5) is 25.4. The Balaban J connectivity index is 1.43. The van der Waals surface area contributed by atoms with Gasteiger partial charge in [0.25, 0.3) is 5.91 Å². The number of likely N-dealkylation sites (N-methyl/N-ethyl adjacent to an activating group) is 1. The largest absolute Gasteiger partial charge is 0.369 e. The molecule has 1 amide bonds. The number of aromatic amines is 1. The van der Waals surface area contributed by atoms with E-state index in [2.05, 4.69) is 44.3 Å². The molecule has 1 fully saturated rings. The van der Waals surface area contributed by atoms with E-state index in [1.54, 1.807) is 6.20 Å². The first kappa shape index (κ1) is 17.7. The number of carbonyl (C=O) groups is 1. The molecule has 2 aromatic heterocycles. The van der Waals surface area contributed by atoms with Gasteiger partial charge in [-0.05, 0) is 37.4 Å². The Morgan fingerprint density at radius 1 is 1.00 bits per heavy atom. The predicted molar refractivity (Wildman–Crippen MR) is 118 cm³/mol. The van der Waals surface area contributed by atoms with E-state index in [0.717, 1.165) is 59.4 Å². The number of fused-ring (bicyclic) bond motifs is 3. The van der Waals surface area contributed by atoms with Gasteiger partial charge in [-0.3, -0.25) is 4.79 Å². The summed E-state index contributed by atoms with van der Waals surface area (Å²) in [6.45, 7) is 4.07. The van der Waals surface area contributed by atoms with Gasteiger partial charge in [-0.1, -0.05) is 24.3 Å². The van der Waals surface area contributed by atoms with Crippen LogP contribution in [0.15, 0.2) is 60.8 Å². The van der Waals surface area contributed by atoms with Gasteiger partial charge in [0.2, 0.25) is 0 Å². The van der Waals surface area contributed by atoms with Crippen molar-refractivity contribution in [2.24, 2.45) is 0 Å². The minimum absolute atomic E-state index is 0.210. The number of rotatable bonds is 3. The number of nitrogens with one attached hydrogen (secondary N) is 2. The van der Waals surface area contributed by atoms with Crippen molar-refractivity contribution in [3.63, 3.8) is 0 Å². The van der Waals surface area contributed by atoms with Crippen molar-refractivity contribution in [3.05, 3.63) is 66.5 Å². The first-order valence-electron chi connectivity index (χ1n) is 9.89. The molecule has 6 nitrogen and oxygen atoms in total. The molecule has 0 unspecified atom stereocenters. The second-order valence-electron chi connectivity index (χ2n) is 7.55. The highest BCUT2D eigenvalue weighted by molar-refractivity contribution is 6.16. The molecule has 6 heteroatoms. The van der Waals surface area contributed by atoms with E-state index < -0.39 is 0 Å². The number of benzene rings is 2. The van der Waals surface area contributed by atoms with Gasteiger partial charge in [0, 0.05) is 60.0 Å². The lowest BCUT2D eigenvalue weighted by Crippen LogP contribution is -2.44. The highest BCUT2D eigenvalue weighted by Crippen LogP contribution is 2.27. The number of hydrogen-bond acceptors (Lipinski definition) is 4. The maximum atomic E-state index is 13.0. The topological polar surface area (TPSA) is 64.3 Å². The van der Waals surface area contributed by atoms with Gasteiger partial charge < -0.3 is 20.1 Å². The average Bonchev–Trinajstić information content (AvgIpc) is 3.13. The molecule has 0 bridgehead atoms. The Labute approximate surface area is 169 Å². The first-order chi connectivity index (χ1) is 14.2. The number of anilines is 2. The van der Waals surface area contributed by atoms with Crippen molar-refractivity contribution < 1.29 is 4.79 Å². The number of piperazine rings is 1. The van der Waals surface area contributed by atoms with Crippen LogP contribution in [-0.4, -0.2) is 54.0 Å². The number of carbonyl (C=O) groups excluding carboxylic acids is 1. The van der Waals surface area contributed by atoms with Crippen LogP contribution in [0.4, 0.5) is 11.4 Å². The van der Waals surface area contributed by atoms with Crippen LogP contribution in [-0.2, 0) is 0 Å². The van der Waals surface area contributed by atoms with E-state index in [0.29, 0.717) is 5.69 Å². The molecule has 0 aliphatic carbocycles. The SMILES string of the molecule is CN1CCN(c2cccc(NC(=O)c3nccc4c3[nH]c3ccccc34)c2)CC1. The fourth-order valence-corrected chi connectivity index (χ4v) is 3.98. The van der Waals surface area contributed by atoms with Crippen molar-refractivity contribution in [3.8, 4) is 0 Å². The van der Waals surface area contributed by atoms with E-state index in [9.17, 15) is 4.79 Å². The molecule has 2 N–H and O–H groups in total. The van der Waals surface area contributed by atoms with Gasteiger partial charge >= 0.3 is 0 Å². The Morgan fingerprint density at radius 2 is 1.83 bits per heavy atom. The second-order valence-corrected chi connectivity index (χ2v) is 7.55.